The van der Waals surface area contributed by atoms with E-state index in [9.17, 15) is 9.18 Å². The fourth-order valence-electron chi connectivity index (χ4n) is 2.27. The van der Waals surface area contributed by atoms with Gasteiger partial charge in [0.25, 0.3) is 5.56 Å². The summed E-state index contributed by atoms with van der Waals surface area (Å²) in [7, 11) is 1.75. The second-order valence-corrected chi connectivity index (χ2v) is 4.76. The zero-order valence-corrected chi connectivity index (χ0v) is 11.9. The van der Waals surface area contributed by atoms with Crippen LogP contribution in [0.4, 0.5) is 4.39 Å². The molecule has 0 saturated carbocycles. The largest absolute Gasteiger partial charge is 0.311 e. The number of aromatic nitrogens is 2. The summed E-state index contributed by atoms with van der Waals surface area (Å²) in [5.74, 6) is 0.351. The van der Waals surface area contributed by atoms with E-state index in [0.717, 1.165) is 0 Å². The van der Waals surface area contributed by atoms with E-state index in [2.05, 4.69) is 10.3 Å². The van der Waals surface area contributed by atoms with E-state index in [-0.39, 0.29) is 17.4 Å². The number of hydrogen-bond donors (Lipinski definition) is 1. The molecule has 0 fully saturated rings. The summed E-state index contributed by atoms with van der Waals surface area (Å²) < 4.78 is 15.4. The van der Waals surface area contributed by atoms with Crippen molar-refractivity contribution in [1.82, 2.24) is 14.9 Å². The minimum absolute atomic E-state index is 0.119. The zero-order valence-electron chi connectivity index (χ0n) is 11.9. The van der Waals surface area contributed by atoms with Crippen molar-refractivity contribution in [2.45, 2.75) is 26.4 Å². The Morgan fingerprint density at radius 2 is 2.05 bits per heavy atom. The molecular formula is C15H18FN3O. The van der Waals surface area contributed by atoms with E-state index >= 15 is 0 Å². The van der Waals surface area contributed by atoms with Crippen LogP contribution in [0.2, 0.25) is 0 Å². The molecule has 1 aromatic carbocycles. The molecule has 0 aliphatic carbocycles. The van der Waals surface area contributed by atoms with Gasteiger partial charge in [-0.1, -0.05) is 18.2 Å². The van der Waals surface area contributed by atoms with E-state index in [1.165, 1.54) is 12.1 Å². The van der Waals surface area contributed by atoms with Crippen LogP contribution in [0.3, 0.4) is 0 Å². The number of hydrogen-bond acceptors (Lipinski definition) is 3. The first-order valence-electron chi connectivity index (χ1n) is 6.49. The summed E-state index contributed by atoms with van der Waals surface area (Å²) in [4.78, 5) is 16.3. The molecule has 1 heterocycles. The van der Waals surface area contributed by atoms with Gasteiger partial charge in [0.1, 0.15) is 11.6 Å². The van der Waals surface area contributed by atoms with Gasteiger partial charge in [-0.3, -0.25) is 9.36 Å². The molecule has 1 atom stereocenters. The smallest absolute Gasteiger partial charge is 0.253 e. The first kappa shape index (κ1) is 14.4. The average molecular weight is 275 g/mol. The molecular weight excluding hydrogens is 257 g/mol. The summed E-state index contributed by atoms with van der Waals surface area (Å²) in [5.41, 5.74) is 1.11. The summed E-state index contributed by atoms with van der Waals surface area (Å²) in [6.07, 6.45) is 0. The van der Waals surface area contributed by atoms with Crippen LogP contribution in [0, 0.1) is 19.7 Å². The Morgan fingerprint density at radius 3 is 2.65 bits per heavy atom. The van der Waals surface area contributed by atoms with E-state index in [1.54, 1.807) is 43.7 Å². The molecule has 0 spiro atoms. The number of rotatable bonds is 4. The minimum Gasteiger partial charge on any atom is -0.311 e. The molecule has 1 unspecified atom stereocenters. The maximum atomic E-state index is 13.9. The summed E-state index contributed by atoms with van der Waals surface area (Å²) in [6.45, 7) is 3.91. The maximum Gasteiger partial charge on any atom is 0.253 e. The van der Waals surface area contributed by atoms with E-state index in [0.29, 0.717) is 23.6 Å². The van der Waals surface area contributed by atoms with Gasteiger partial charge in [0.2, 0.25) is 0 Å². The van der Waals surface area contributed by atoms with Crippen molar-refractivity contribution >= 4 is 0 Å². The lowest BCUT2D eigenvalue weighted by atomic mass is 10.1. The second-order valence-electron chi connectivity index (χ2n) is 4.76. The molecule has 0 saturated heterocycles. The van der Waals surface area contributed by atoms with Gasteiger partial charge < -0.3 is 5.32 Å². The molecule has 4 nitrogen and oxygen atoms in total. The number of benzene rings is 1. The Morgan fingerprint density at radius 1 is 1.35 bits per heavy atom. The van der Waals surface area contributed by atoms with Crippen LogP contribution in [0.15, 0.2) is 35.1 Å². The fourth-order valence-corrected chi connectivity index (χ4v) is 2.27. The highest BCUT2D eigenvalue weighted by atomic mass is 19.1. The number of halogens is 1. The lowest BCUT2D eigenvalue weighted by molar-refractivity contribution is 0.456. The van der Waals surface area contributed by atoms with Crippen molar-refractivity contribution in [2.24, 2.45) is 0 Å². The predicted octanol–water partition coefficient (Wildman–Crippen LogP) is 1.96. The molecule has 0 bridgehead atoms. The number of nitrogens with zero attached hydrogens (tertiary/aromatic N) is 2. The lowest BCUT2D eigenvalue weighted by Crippen LogP contribution is -2.31. The van der Waals surface area contributed by atoms with Crippen LogP contribution in [0.25, 0.3) is 0 Å². The van der Waals surface area contributed by atoms with Gasteiger partial charge in [-0.25, -0.2) is 9.37 Å². The van der Waals surface area contributed by atoms with E-state index in [1.807, 2.05) is 0 Å². The fraction of sp³-hybridized carbons (Fsp3) is 0.333. The third-order valence-electron chi connectivity index (χ3n) is 3.32. The molecule has 2 rings (SSSR count). The van der Waals surface area contributed by atoms with Gasteiger partial charge >= 0.3 is 0 Å². The molecule has 5 heteroatoms. The van der Waals surface area contributed by atoms with Crippen molar-refractivity contribution in [3.05, 3.63) is 63.6 Å². The molecule has 0 aliphatic rings. The predicted molar refractivity (Wildman–Crippen MR) is 76.2 cm³/mol. The number of likely N-dealkylation sites (N-methyl/N-ethyl adjacent to an activating group) is 1. The Hall–Kier alpha value is -2.01. The minimum atomic E-state index is -0.280. The molecule has 2 aromatic rings. The second kappa shape index (κ2) is 5.96. The van der Waals surface area contributed by atoms with Crippen molar-refractivity contribution < 1.29 is 4.39 Å². The standard InChI is InChI=1S/C15H18FN3O/c1-10-8-15(20)19(11(2)18-10)9-14(17-3)12-6-4-5-7-13(12)16/h4-8,14,17H,9H2,1-3H3. The maximum absolute atomic E-state index is 13.9. The topological polar surface area (TPSA) is 46.9 Å². The van der Waals surface area contributed by atoms with Crippen molar-refractivity contribution in [3.63, 3.8) is 0 Å². The Kier molecular flexibility index (Phi) is 4.29. The van der Waals surface area contributed by atoms with Crippen molar-refractivity contribution in [3.8, 4) is 0 Å². The number of aryl methyl sites for hydroxylation is 2. The highest BCUT2D eigenvalue weighted by Gasteiger charge is 2.16. The van der Waals surface area contributed by atoms with Crippen LogP contribution in [-0.4, -0.2) is 16.6 Å². The highest BCUT2D eigenvalue weighted by molar-refractivity contribution is 5.21. The Bertz CT molecular complexity index is 666. The third-order valence-corrected chi connectivity index (χ3v) is 3.32. The molecule has 1 aromatic heterocycles. The monoisotopic (exact) mass is 275 g/mol. The zero-order chi connectivity index (χ0) is 14.7. The van der Waals surface area contributed by atoms with Crippen LogP contribution < -0.4 is 10.9 Å². The van der Waals surface area contributed by atoms with E-state index < -0.39 is 0 Å². The van der Waals surface area contributed by atoms with Gasteiger partial charge in [-0.05, 0) is 27.0 Å². The van der Waals surface area contributed by atoms with Gasteiger partial charge in [0.15, 0.2) is 0 Å². The summed E-state index contributed by atoms with van der Waals surface area (Å²) >= 11 is 0. The SMILES string of the molecule is CNC(Cn1c(C)nc(C)cc1=O)c1ccccc1F. The first-order valence-corrected chi connectivity index (χ1v) is 6.49. The van der Waals surface area contributed by atoms with Crippen LogP contribution in [0.5, 0.6) is 0 Å². The first-order chi connectivity index (χ1) is 9.52. The van der Waals surface area contributed by atoms with Gasteiger partial charge in [-0.15, -0.1) is 0 Å². The van der Waals surface area contributed by atoms with Crippen LogP contribution in [0.1, 0.15) is 23.1 Å². The lowest BCUT2D eigenvalue weighted by Gasteiger charge is -2.20. The average Bonchev–Trinajstić information content (AvgIpc) is 2.39. The quantitative estimate of drug-likeness (QED) is 0.928. The molecule has 0 amide bonds. The normalized spacial score (nSPS) is 12.4. The van der Waals surface area contributed by atoms with Gasteiger partial charge in [0, 0.05) is 23.9 Å². The molecule has 0 radical (unpaired) electrons. The molecule has 106 valence electrons. The third kappa shape index (κ3) is 2.93. The van der Waals surface area contributed by atoms with Crippen molar-refractivity contribution in [2.75, 3.05) is 7.05 Å². The van der Waals surface area contributed by atoms with Crippen LogP contribution in [-0.2, 0) is 6.54 Å². The summed E-state index contributed by atoms with van der Waals surface area (Å²) in [5, 5.41) is 3.05. The molecule has 0 aliphatic heterocycles. The Balaban J connectivity index is 2.37. The summed E-state index contributed by atoms with van der Waals surface area (Å²) in [6, 6.07) is 7.78. The molecule has 20 heavy (non-hydrogen) atoms. The van der Waals surface area contributed by atoms with Crippen LogP contribution >= 0.6 is 0 Å². The van der Waals surface area contributed by atoms with Crippen molar-refractivity contribution in [1.29, 1.82) is 0 Å². The van der Waals surface area contributed by atoms with E-state index in [4.69, 9.17) is 0 Å². The van der Waals surface area contributed by atoms with Gasteiger partial charge in [0.05, 0.1) is 6.04 Å². The Labute approximate surface area is 117 Å². The molecule has 1 N–H and O–H groups in total. The van der Waals surface area contributed by atoms with Gasteiger partial charge in [-0.2, -0.15) is 0 Å². The number of nitrogens with one attached hydrogen (secondary N) is 1. The highest BCUT2D eigenvalue weighted by Crippen LogP contribution is 2.18.